The van der Waals surface area contributed by atoms with Crippen molar-refractivity contribution in [2.75, 3.05) is 29.9 Å². The van der Waals surface area contributed by atoms with Crippen LogP contribution in [0.3, 0.4) is 0 Å². The molecule has 0 aliphatic carbocycles. The van der Waals surface area contributed by atoms with Crippen molar-refractivity contribution in [1.29, 1.82) is 0 Å². The lowest BCUT2D eigenvalue weighted by Gasteiger charge is -2.49. The van der Waals surface area contributed by atoms with E-state index in [1.165, 1.54) is 33.9 Å². The molecule has 0 radical (unpaired) electrons. The number of phenols is 2. The van der Waals surface area contributed by atoms with Gasteiger partial charge in [-0.15, -0.1) is 40.4 Å². The van der Waals surface area contributed by atoms with Gasteiger partial charge in [-0.2, -0.15) is 0 Å². The number of β-lactam (4-membered cyclic amide) rings is 1. The molecule has 2 aromatic rings. The van der Waals surface area contributed by atoms with Crippen LogP contribution >= 0.6 is 34.9 Å². The van der Waals surface area contributed by atoms with Crippen LogP contribution in [0, 0.1) is 0 Å². The molecule has 19 nitrogen and oxygen atoms in total. The zero-order chi connectivity index (χ0) is 35.9. The molecule has 23 heteroatoms. The van der Waals surface area contributed by atoms with E-state index in [0.29, 0.717) is 22.1 Å². The number of thiazole rings is 1. The molecule has 0 saturated carbocycles. The summed E-state index contributed by atoms with van der Waals surface area (Å²) in [7, 11) is -4.21. The number of phenolic OH excluding ortho intramolecular Hbond substituents is 2. The molecule has 0 unspecified atom stereocenters. The van der Waals surface area contributed by atoms with Gasteiger partial charge >= 0.3 is 5.97 Å². The van der Waals surface area contributed by atoms with Gasteiger partial charge in [0.2, 0.25) is 15.8 Å². The highest BCUT2D eigenvalue weighted by Gasteiger charge is 2.54. The van der Waals surface area contributed by atoms with E-state index in [2.05, 4.69) is 26.0 Å². The van der Waals surface area contributed by atoms with E-state index in [1.807, 2.05) is 0 Å². The van der Waals surface area contributed by atoms with Gasteiger partial charge in [-0.25, -0.2) is 28.2 Å². The van der Waals surface area contributed by atoms with E-state index in [-0.39, 0.29) is 39.7 Å². The third kappa shape index (κ3) is 6.82. The summed E-state index contributed by atoms with van der Waals surface area (Å²) in [6, 6.07) is 1.68. The highest BCUT2D eigenvalue weighted by atomic mass is 32.2. The fourth-order valence-electron chi connectivity index (χ4n) is 4.97. The first kappa shape index (κ1) is 35.0. The number of benzene rings is 1. The second-order valence-electron chi connectivity index (χ2n) is 10.7. The number of anilines is 1. The van der Waals surface area contributed by atoms with E-state index in [9.17, 15) is 43.2 Å². The number of carboxylic acids is 1. The van der Waals surface area contributed by atoms with E-state index in [1.54, 1.807) is 24.2 Å². The number of hydrazine groups is 2. The Hall–Kier alpha value is -4.81. The largest absolute Gasteiger partial charge is 0.504 e. The molecule has 1 fully saturated rings. The number of sulfone groups is 1. The number of aromatic hydroxyl groups is 2. The van der Waals surface area contributed by atoms with Crippen LogP contribution in [0.4, 0.5) is 5.13 Å². The van der Waals surface area contributed by atoms with Crippen LogP contribution in [0.1, 0.15) is 12.6 Å². The number of allylic oxidation sites excluding steroid dienone is 1. The lowest BCUT2D eigenvalue weighted by Crippen LogP contribution is -2.71. The number of nitrogens with zero attached hydrogens (tertiary/aromatic N) is 6. The summed E-state index contributed by atoms with van der Waals surface area (Å²) in [6.45, 7) is 1.50. The number of carboxylic acid groups (broad SMARTS) is 1. The van der Waals surface area contributed by atoms with Crippen LogP contribution < -0.4 is 16.6 Å². The van der Waals surface area contributed by atoms with Crippen molar-refractivity contribution in [3.05, 3.63) is 63.7 Å². The van der Waals surface area contributed by atoms with Crippen molar-refractivity contribution in [2.45, 2.75) is 23.2 Å². The van der Waals surface area contributed by atoms with Gasteiger partial charge in [0.25, 0.3) is 11.8 Å². The quantitative estimate of drug-likeness (QED) is 0.0641. The summed E-state index contributed by atoms with van der Waals surface area (Å²) in [5.74, 6) is -4.26. The number of carbonyl (C=O) groups is 3. The number of nitrogens with one attached hydrogen (secondary N) is 2. The summed E-state index contributed by atoms with van der Waals surface area (Å²) >= 11 is 3.52. The standard InChI is InChI=1S/C27H27N9O10S4/c1-12-4-19(36-18(29-12)6-34(10-37)33-36)47-7-13-8-48-25-21(24(41)35(25)22(13)26(42)43)31-23(40)20(15-9-49-27(28)30-15)32-46-11-50(44,45)14-2-3-16(38)17(39)5-14/h2-6,9,21,25,33,37-39H,7-8,10-11H2,1H3,(H2,28,30)(H,31,40)(H,42,43)/t21-,25-/m1/s1. The molecule has 4 aliphatic heterocycles. The minimum atomic E-state index is -4.21. The number of thioether (sulfide) groups is 2. The number of hydrogen-bond donors (Lipinski definition) is 7. The molecule has 4 aliphatic rings. The van der Waals surface area contributed by atoms with Gasteiger partial charge in [0.05, 0.1) is 16.1 Å². The highest BCUT2D eigenvalue weighted by Crippen LogP contribution is 2.42. The Morgan fingerprint density at radius 2 is 2.06 bits per heavy atom. The van der Waals surface area contributed by atoms with Gasteiger partial charge in [-0.05, 0) is 30.7 Å². The molecule has 1 aromatic heterocycles. The number of nitrogens with two attached hydrogens (primary N) is 1. The second-order valence-corrected chi connectivity index (χ2v) is 15.6. The molecule has 264 valence electrons. The molecule has 6 rings (SSSR count). The van der Waals surface area contributed by atoms with Gasteiger partial charge in [-0.1, -0.05) is 5.16 Å². The first-order valence-electron chi connectivity index (χ1n) is 14.2. The van der Waals surface area contributed by atoms with Gasteiger partial charge in [0, 0.05) is 28.7 Å². The predicted octanol–water partition coefficient (Wildman–Crippen LogP) is -0.138. The Labute approximate surface area is 295 Å². The normalized spacial score (nSPS) is 20.4. The number of amides is 2. The van der Waals surface area contributed by atoms with Gasteiger partial charge in [-0.3, -0.25) is 19.5 Å². The number of hydrogen-bond acceptors (Lipinski definition) is 19. The maximum absolute atomic E-state index is 13.4. The molecule has 8 N–H and O–H groups in total. The number of fused-ring (bicyclic) bond motifs is 2. The summed E-state index contributed by atoms with van der Waals surface area (Å²) in [6.07, 6.45) is 3.41. The van der Waals surface area contributed by atoms with Crippen molar-refractivity contribution in [2.24, 2.45) is 10.1 Å². The highest BCUT2D eigenvalue weighted by molar-refractivity contribution is 8.03. The third-order valence-electron chi connectivity index (χ3n) is 7.30. The van der Waals surface area contributed by atoms with Crippen LogP contribution in [0.25, 0.3) is 0 Å². The first-order valence-corrected chi connectivity index (χ1v) is 18.8. The Morgan fingerprint density at radius 3 is 2.74 bits per heavy atom. The molecule has 2 amide bonds. The van der Waals surface area contributed by atoms with E-state index >= 15 is 0 Å². The predicted molar refractivity (Wildman–Crippen MR) is 181 cm³/mol. The number of aliphatic hydroxyl groups excluding tert-OH is 1. The average molecular weight is 766 g/mol. The number of oxime groups is 1. The van der Waals surface area contributed by atoms with Crippen molar-refractivity contribution in [3.8, 4) is 11.5 Å². The smallest absolute Gasteiger partial charge is 0.352 e. The fraction of sp³-hybridized carbons (Fsp3) is 0.259. The monoisotopic (exact) mass is 765 g/mol. The van der Waals surface area contributed by atoms with Crippen LogP contribution in [-0.4, -0.2) is 114 Å². The van der Waals surface area contributed by atoms with Crippen LogP contribution in [0.2, 0.25) is 0 Å². The van der Waals surface area contributed by atoms with Crippen LogP contribution in [0.15, 0.2) is 73.0 Å². The molecule has 0 spiro atoms. The Balaban J connectivity index is 1.15. The first-order chi connectivity index (χ1) is 23.8. The number of nitrogen functional groups attached to an aromatic ring is 1. The minimum Gasteiger partial charge on any atom is -0.504 e. The maximum atomic E-state index is 13.4. The van der Waals surface area contributed by atoms with Crippen molar-refractivity contribution in [1.82, 2.24) is 30.8 Å². The lowest BCUT2D eigenvalue weighted by molar-refractivity contribution is -0.150. The van der Waals surface area contributed by atoms with Gasteiger partial charge < -0.3 is 36.3 Å². The van der Waals surface area contributed by atoms with E-state index < -0.39 is 62.2 Å². The molecule has 50 heavy (non-hydrogen) atoms. The average Bonchev–Trinajstić information content (AvgIpc) is 3.70. The summed E-state index contributed by atoms with van der Waals surface area (Å²) in [5, 5.41) is 49.4. The third-order valence-corrected chi connectivity index (χ3v) is 11.8. The zero-order valence-electron chi connectivity index (χ0n) is 25.6. The van der Waals surface area contributed by atoms with Crippen molar-refractivity contribution in [3.63, 3.8) is 0 Å². The molecule has 1 aromatic carbocycles. The maximum Gasteiger partial charge on any atom is 0.352 e. The minimum absolute atomic E-state index is 0.0629. The summed E-state index contributed by atoms with van der Waals surface area (Å²) < 4.78 is 25.4. The van der Waals surface area contributed by atoms with Gasteiger partial charge in [0.15, 0.2) is 28.2 Å². The van der Waals surface area contributed by atoms with E-state index in [0.717, 1.165) is 34.4 Å². The van der Waals surface area contributed by atoms with Crippen LogP contribution in [-0.2, 0) is 29.1 Å². The Morgan fingerprint density at radius 1 is 1.28 bits per heavy atom. The fourth-order valence-corrected chi connectivity index (χ4v) is 8.97. The van der Waals surface area contributed by atoms with Crippen LogP contribution in [0.5, 0.6) is 11.5 Å². The summed E-state index contributed by atoms with van der Waals surface area (Å²) in [5.41, 5.74) is 9.09. The van der Waals surface area contributed by atoms with Crippen molar-refractivity contribution < 1.29 is 48.1 Å². The van der Waals surface area contributed by atoms with Gasteiger partial charge in [0.1, 0.15) is 29.5 Å². The van der Waals surface area contributed by atoms with Crippen molar-refractivity contribution >= 4 is 79.0 Å². The molecule has 0 bridgehead atoms. The Bertz CT molecular complexity index is 2040. The SMILES string of the molecule is CC1=NC2=CN(CO)NN2C(SCC2=C(C(=O)O)N3C(=O)[C@@H](NC(=O)C(=NOCS(=O)(=O)c4ccc(O)c(O)c4)c4csc(N)n4)[C@H]3SC2)=C1. The second kappa shape index (κ2) is 13.8. The molecule has 2 atom stereocenters. The Kier molecular flexibility index (Phi) is 9.69. The number of aliphatic imine (C=N–C) groups is 1. The number of aliphatic hydroxyl groups is 1. The molecule has 1 saturated heterocycles. The molecule has 5 heterocycles. The number of aromatic nitrogens is 1. The topological polar surface area (TPSA) is 273 Å². The number of carbonyl (C=O) groups excluding carboxylic acids is 2. The summed E-state index contributed by atoms with van der Waals surface area (Å²) in [4.78, 5) is 53.4. The molecular formula is C27H27N9O10S4. The molecular weight excluding hydrogens is 739 g/mol. The number of aliphatic carboxylic acids is 1. The van der Waals surface area contributed by atoms with E-state index in [4.69, 9.17) is 10.6 Å². The number of rotatable bonds is 12. The zero-order valence-corrected chi connectivity index (χ0v) is 28.8. The lowest BCUT2D eigenvalue weighted by atomic mass is 10.0.